The van der Waals surface area contributed by atoms with E-state index in [1.54, 1.807) is 0 Å². The Balaban J connectivity index is 2.37. The van der Waals surface area contributed by atoms with Gasteiger partial charge >= 0.3 is 9.24 Å². The topological polar surface area (TPSA) is 55.7 Å². The lowest BCUT2D eigenvalue weighted by atomic mass is 9.93. The molecule has 82 valence electrons. The summed E-state index contributed by atoms with van der Waals surface area (Å²) in [5, 5.41) is 0. The molecular formula is C9H10ClNO3S. The quantitative estimate of drug-likeness (QED) is 0.662. The first-order chi connectivity index (χ1) is 6.97. The van der Waals surface area contributed by atoms with Crippen molar-refractivity contribution in [1.29, 1.82) is 0 Å². The maximum Gasteiger partial charge on any atom is 0.342 e. The molecule has 0 saturated carbocycles. The lowest BCUT2D eigenvalue weighted by Crippen LogP contribution is -2.13. The minimum Gasteiger partial charge on any atom is -0.472 e. The van der Waals surface area contributed by atoms with E-state index in [1.165, 1.54) is 0 Å². The van der Waals surface area contributed by atoms with Gasteiger partial charge in [-0.3, -0.25) is 0 Å². The maximum absolute atomic E-state index is 10.8. The second kappa shape index (κ2) is 3.64. The van der Waals surface area contributed by atoms with Gasteiger partial charge in [0.05, 0.1) is 5.92 Å². The summed E-state index contributed by atoms with van der Waals surface area (Å²) in [6, 6.07) is 0. The third kappa shape index (κ3) is 2.23. The Bertz CT molecular complexity index is 452. The highest BCUT2D eigenvalue weighted by Crippen LogP contribution is 2.33. The van der Waals surface area contributed by atoms with Crippen molar-refractivity contribution in [3.8, 4) is 0 Å². The standard InChI is InChI=1S/C9H10ClNO3S/c1-6-7-4-2-3-5-8(6)14-9(7)11-15(10,12)13/h2-8H,1H3/b11-9-/t6?,7-,8+/m0/s1. The molecule has 2 rings (SSSR count). The fourth-order valence-corrected chi connectivity index (χ4v) is 2.36. The van der Waals surface area contributed by atoms with Gasteiger partial charge in [-0.1, -0.05) is 25.2 Å². The normalized spacial score (nSPS) is 36.7. The minimum absolute atomic E-state index is 0.112. The second-order valence-corrected chi connectivity index (χ2v) is 5.76. The lowest BCUT2D eigenvalue weighted by molar-refractivity contribution is 0.229. The highest BCUT2D eigenvalue weighted by atomic mass is 35.7. The highest BCUT2D eigenvalue weighted by Gasteiger charge is 2.38. The fourth-order valence-electron chi connectivity index (χ4n) is 1.77. The Morgan fingerprint density at radius 2 is 2.07 bits per heavy atom. The molecule has 1 saturated heterocycles. The summed E-state index contributed by atoms with van der Waals surface area (Å²) in [5.41, 5.74) is 0. The first kappa shape index (κ1) is 10.7. The van der Waals surface area contributed by atoms with E-state index < -0.39 is 9.24 Å². The van der Waals surface area contributed by atoms with Crippen LogP contribution in [0.15, 0.2) is 28.7 Å². The minimum atomic E-state index is -3.90. The van der Waals surface area contributed by atoms with Gasteiger partial charge in [0.25, 0.3) is 0 Å². The van der Waals surface area contributed by atoms with E-state index in [-0.39, 0.29) is 23.8 Å². The van der Waals surface area contributed by atoms with Crippen molar-refractivity contribution in [2.24, 2.45) is 16.2 Å². The van der Waals surface area contributed by atoms with E-state index in [9.17, 15) is 8.42 Å². The zero-order chi connectivity index (χ0) is 11.1. The average molecular weight is 248 g/mol. The fraction of sp³-hybridized carbons (Fsp3) is 0.444. The third-order valence-electron chi connectivity index (χ3n) is 2.56. The predicted octanol–water partition coefficient (Wildman–Crippen LogP) is 1.65. The van der Waals surface area contributed by atoms with Crippen LogP contribution < -0.4 is 0 Å². The summed E-state index contributed by atoms with van der Waals surface area (Å²) in [6.45, 7) is 1.98. The zero-order valence-corrected chi connectivity index (χ0v) is 9.57. The molecule has 1 unspecified atom stereocenters. The molecule has 1 aliphatic heterocycles. The van der Waals surface area contributed by atoms with E-state index in [2.05, 4.69) is 4.40 Å². The molecule has 1 aliphatic carbocycles. The molecule has 1 fully saturated rings. The molecule has 6 heteroatoms. The van der Waals surface area contributed by atoms with E-state index in [0.29, 0.717) is 0 Å². The summed E-state index contributed by atoms with van der Waals surface area (Å²) >= 11 is 0. The molecule has 0 aromatic heterocycles. The molecular weight excluding hydrogens is 238 g/mol. The van der Waals surface area contributed by atoms with Gasteiger partial charge in [0.15, 0.2) is 0 Å². The summed E-state index contributed by atoms with van der Waals surface area (Å²) in [4.78, 5) is 0. The number of ether oxygens (including phenoxy) is 1. The van der Waals surface area contributed by atoms with Gasteiger partial charge in [-0.2, -0.15) is 8.42 Å². The van der Waals surface area contributed by atoms with E-state index in [4.69, 9.17) is 15.4 Å². The van der Waals surface area contributed by atoms with Crippen molar-refractivity contribution in [3.63, 3.8) is 0 Å². The van der Waals surface area contributed by atoms with Gasteiger partial charge in [0.2, 0.25) is 5.90 Å². The molecule has 1 heterocycles. The van der Waals surface area contributed by atoms with Gasteiger partial charge in [-0.15, -0.1) is 4.40 Å². The molecule has 0 N–H and O–H groups in total. The first-order valence-electron chi connectivity index (χ1n) is 4.53. The molecule has 3 atom stereocenters. The van der Waals surface area contributed by atoms with Gasteiger partial charge in [0.1, 0.15) is 6.10 Å². The van der Waals surface area contributed by atoms with Gasteiger partial charge < -0.3 is 4.74 Å². The van der Waals surface area contributed by atoms with Crippen LogP contribution in [-0.4, -0.2) is 20.4 Å². The zero-order valence-electron chi connectivity index (χ0n) is 8.00. The third-order valence-corrected chi connectivity index (χ3v) is 3.16. The van der Waals surface area contributed by atoms with Crippen LogP contribution in [-0.2, 0) is 14.0 Å². The molecule has 0 aromatic rings. The smallest absolute Gasteiger partial charge is 0.342 e. The average Bonchev–Trinajstić information content (AvgIpc) is 2.27. The summed E-state index contributed by atoms with van der Waals surface area (Å²) in [7, 11) is 1.15. The van der Waals surface area contributed by atoms with Crippen LogP contribution in [0.2, 0.25) is 0 Å². The number of rotatable bonds is 1. The Labute approximate surface area is 92.8 Å². The number of halogens is 1. The SMILES string of the molecule is CC1[C@@H]2C=CC=C[C@H]1O/C2=N\S(=O)(=O)Cl. The molecule has 4 nitrogen and oxygen atoms in total. The van der Waals surface area contributed by atoms with Crippen molar-refractivity contribution in [2.75, 3.05) is 0 Å². The molecule has 2 bridgehead atoms. The summed E-state index contributed by atoms with van der Waals surface area (Å²) in [5.74, 6) is 0.249. The number of nitrogens with zero attached hydrogens (tertiary/aromatic N) is 1. The van der Waals surface area contributed by atoms with Crippen LogP contribution in [0.3, 0.4) is 0 Å². The maximum atomic E-state index is 10.8. The van der Waals surface area contributed by atoms with Gasteiger partial charge in [-0.05, 0) is 6.08 Å². The molecule has 15 heavy (non-hydrogen) atoms. The lowest BCUT2D eigenvalue weighted by Gasteiger charge is -2.08. The molecule has 0 spiro atoms. The monoisotopic (exact) mass is 247 g/mol. The molecule has 0 amide bonds. The van der Waals surface area contributed by atoms with Crippen molar-refractivity contribution in [1.82, 2.24) is 0 Å². The van der Waals surface area contributed by atoms with E-state index >= 15 is 0 Å². The summed E-state index contributed by atoms with van der Waals surface area (Å²) in [6.07, 6.45) is 7.37. The van der Waals surface area contributed by atoms with E-state index in [1.807, 2.05) is 31.2 Å². The van der Waals surface area contributed by atoms with E-state index in [0.717, 1.165) is 0 Å². The van der Waals surface area contributed by atoms with Crippen LogP contribution in [0.5, 0.6) is 0 Å². The van der Waals surface area contributed by atoms with Crippen molar-refractivity contribution < 1.29 is 13.2 Å². The summed E-state index contributed by atoms with van der Waals surface area (Å²) < 4.78 is 30.4. The van der Waals surface area contributed by atoms with Gasteiger partial charge in [-0.25, -0.2) is 0 Å². The van der Waals surface area contributed by atoms with Crippen molar-refractivity contribution in [2.45, 2.75) is 13.0 Å². The van der Waals surface area contributed by atoms with Crippen LogP contribution >= 0.6 is 10.7 Å². The van der Waals surface area contributed by atoms with Crippen LogP contribution in [0.25, 0.3) is 0 Å². The number of allylic oxidation sites excluding steroid dienone is 2. The van der Waals surface area contributed by atoms with Crippen LogP contribution in [0, 0.1) is 11.8 Å². The largest absolute Gasteiger partial charge is 0.472 e. The Morgan fingerprint density at radius 3 is 2.73 bits per heavy atom. The van der Waals surface area contributed by atoms with Crippen LogP contribution in [0.4, 0.5) is 0 Å². The number of hydrogen-bond donors (Lipinski definition) is 0. The Morgan fingerprint density at radius 1 is 1.40 bits per heavy atom. The van der Waals surface area contributed by atoms with Crippen molar-refractivity contribution >= 4 is 25.8 Å². The predicted molar refractivity (Wildman–Crippen MR) is 58.0 cm³/mol. The first-order valence-corrected chi connectivity index (χ1v) is 6.80. The number of hydrogen-bond acceptors (Lipinski definition) is 3. The van der Waals surface area contributed by atoms with Crippen molar-refractivity contribution in [3.05, 3.63) is 24.3 Å². The molecule has 0 aromatic carbocycles. The van der Waals surface area contributed by atoms with Crippen LogP contribution in [0.1, 0.15) is 6.92 Å². The second-order valence-electron chi connectivity index (χ2n) is 3.58. The molecule has 0 radical (unpaired) electrons. The number of fused-ring (bicyclic) bond motifs is 2. The van der Waals surface area contributed by atoms with Gasteiger partial charge in [0, 0.05) is 16.6 Å². The highest BCUT2D eigenvalue weighted by molar-refractivity contribution is 8.12. The molecule has 2 aliphatic rings. The Kier molecular flexibility index (Phi) is 2.60. The Hall–Kier alpha value is -0.810.